The Kier molecular flexibility index (Phi) is 12.1. The molecule has 9 nitrogen and oxygen atoms in total. The minimum absolute atomic E-state index is 0.0721. The van der Waals surface area contributed by atoms with Gasteiger partial charge in [0, 0.05) is 49.8 Å². The molecule has 0 spiro atoms. The lowest BCUT2D eigenvalue weighted by molar-refractivity contribution is 0.0349. The number of carbonyl (C=O) groups excluding carboxylic acids is 2. The van der Waals surface area contributed by atoms with Crippen molar-refractivity contribution in [3.8, 4) is 0 Å². The molecule has 36 heavy (non-hydrogen) atoms. The second-order valence-corrected chi connectivity index (χ2v) is 10.0. The molecule has 0 aliphatic carbocycles. The second kappa shape index (κ2) is 15.2. The van der Waals surface area contributed by atoms with E-state index in [0.29, 0.717) is 43.8 Å². The molecule has 2 heterocycles. The molecule has 0 radical (unpaired) electrons. The van der Waals surface area contributed by atoms with Gasteiger partial charge in [-0.1, -0.05) is 23.7 Å². The molecule has 0 bridgehead atoms. The Labute approximate surface area is 219 Å². The van der Waals surface area contributed by atoms with E-state index < -0.39 is 6.09 Å². The zero-order valence-electron chi connectivity index (χ0n) is 21.5. The van der Waals surface area contributed by atoms with Gasteiger partial charge in [0.05, 0.1) is 26.4 Å². The van der Waals surface area contributed by atoms with Gasteiger partial charge in [0.1, 0.15) is 0 Å². The molecule has 1 aromatic carbocycles. The largest absolute Gasteiger partial charge is 0.453 e. The summed E-state index contributed by atoms with van der Waals surface area (Å²) >= 11 is 6.32. The number of alkyl carbamates (subject to hydrolysis) is 1. The molecule has 0 aromatic heterocycles. The first-order chi connectivity index (χ1) is 17.5. The van der Waals surface area contributed by atoms with E-state index in [2.05, 4.69) is 20.7 Å². The van der Waals surface area contributed by atoms with E-state index >= 15 is 0 Å². The first-order valence-corrected chi connectivity index (χ1v) is 13.3. The molecule has 3 rings (SSSR count). The zero-order chi connectivity index (χ0) is 25.8. The summed E-state index contributed by atoms with van der Waals surface area (Å²) in [4.78, 5) is 26.6. The molecule has 2 aliphatic rings. The molecule has 4 atom stereocenters. The summed E-state index contributed by atoms with van der Waals surface area (Å²) in [6.45, 7) is 4.09. The van der Waals surface area contributed by atoms with Gasteiger partial charge >= 0.3 is 12.1 Å². The van der Waals surface area contributed by atoms with E-state index in [4.69, 9.17) is 21.1 Å². The number of carbonyl (C=O) groups is 2. The highest BCUT2D eigenvalue weighted by atomic mass is 35.5. The van der Waals surface area contributed by atoms with Gasteiger partial charge in [0.25, 0.3) is 0 Å². The molecule has 10 heteroatoms. The van der Waals surface area contributed by atoms with Gasteiger partial charge in [-0.2, -0.15) is 0 Å². The molecule has 3 N–H and O–H groups in total. The van der Waals surface area contributed by atoms with Gasteiger partial charge in [-0.15, -0.1) is 0 Å². The lowest BCUT2D eigenvalue weighted by atomic mass is 9.85. The van der Waals surface area contributed by atoms with Crippen LogP contribution in [0.3, 0.4) is 0 Å². The summed E-state index contributed by atoms with van der Waals surface area (Å²) in [6.07, 6.45) is 4.60. The molecule has 2 saturated heterocycles. The number of nitrogens with zero attached hydrogens (tertiary/aromatic N) is 1. The number of hydrogen-bond acceptors (Lipinski definition) is 6. The third-order valence-corrected chi connectivity index (χ3v) is 7.26. The van der Waals surface area contributed by atoms with Gasteiger partial charge in [-0.05, 0) is 62.8 Å². The Morgan fingerprint density at radius 2 is 2.11 bits per heavy atom. The topological polar surface area (TPSA) is 101 Å². The average Bonchev–Trinajstić information content (AvgIpc) is 2.90. The lowest BCUT2D eigenvalue weighted by Gasteiger charge is -2.42. The Hall–Kier alpha value is -2.07. The first kappa shape index (κ1) is 28.5. The van der Waals surface area contributed by atoms with Crippen molar-refractivity contribution in [3.63, 3.8) is 0 Å². The second-order valence-electron chi connectivity index (χ2n) is 9.58. The summed E-state index contributed by atoms with van der Waals surface area (Å²) in [5.41, 5.74) is 1.00. The number of piperidine rings is 1. The highest BCUT2D eigenvalue weighted by Crippen LogP contribution is 2.37. The highest BCUT2D eigenvalue weighted by molar-refractivity contribution is 6.30. The van der Waals surface area contributed by atoms with Crippen LogP contribution in [-0.2, 0) is 14.2 Å². The predicted molar refractivity (Wildman–Crippen MR) is 139 cm³/mol. The fourth-order valence-electron chi connectivity index (χ4n) is 5.16. The van der Waals surface area contributed by atoms with Crippen LogP contribution < -0.4 is 16.0 Å². The van der Waals surface area contributed by atoms with E-state index in [9.17, 15) is 9.59 Å². The molecule has 2 fully saturated rings. The third-order valence-electron chi connectivity index (χ3n) is 7.02. The Morgan fingerprint density at radius 1 is 1.25 bits per heavy atom. The molecule has 3 amide bonds. The number of urea groups is 1. The number of benzene rings is 1. The maximum atomic E-state index is 13.4. The van der Waals surface area contributed by atoms with Crippen LogP contribution in [0, 0.1) is 11.8 Å². The zero-order valence-corrected chi connectivity index (χ0v) is 22.2. The van der Waals surface area contributed by atoms with E-state index in [1.165, 1.54) is 13.5 Å². The standard InChI is InChI=1S/C26H41ClN4O5/c1-28-23(14-19-6-5-12-35-17-19)16-30-25(32)31-11-4-8-21(18-36-13-10-29-26(33)34-2)24(31)20-7-3-9-22(27)15-20/h3,7,9,15,19,21,23-24,28H,4-6,8,10-14,16-18H2,1-2H3,(H,29,33)(H,30,32)/t19-,21+,23+,24+/m1/s1. The monoisotopic (exact) mass is 524 g/mol. The Bertz CT molecular complexity index is 823. The van der Waals surface area contributed by atoms with Crippen molar-refractivity contribution in [1.82, 2.24) is 20.9 Å². The maximum Gasteiger partial charge on any atom is 0.406 e. The molecule has 1 aromatic rings. The SMILES string of the molecule is CN[C@H](CNC(=O)N1CCC[C@@H](COCCNC(=O)OC)[C@@H]1c1cccc(Cl)c1)C[C@H]1CCCOC1. The molecule has 0 unspecified atom stereocenters. The molecular weight excluding hydrogens is 484 g/mol. The number of ether oxygens (including phenoxy) is 3. The fourth-order valence-corrected chi connectivity index (χ4v) is 5.36. The molecule has 202 valence electrons. The van der Waals surface area contributed by atoms with Crippen molar-refractivity contribution in [1.29, 1.82) is 0 Å². The molecule has 0 saturated carbocycles. The fraction of sp³-hybridized carbons (Fsp3) is 0.692. The normalized spacial score (nSPS) is 23.1. The van der Waals surface area contributed by atoms with Crippen LogP contribution >= 0.6 is 11.6 Å². The average molecular weight is 525 g/mol. The molecular formula is C26H41ClN4O5. The van der Waals surface area contributed by atoms with Gasteiger partial charge in [-0.25, -0.2) is 9.59 Å². The van der Waals surface area contributed by atoms with Crippen LogP contribution in [0.4, 0.5) is 9.59 Å². The number of methoxy groups -OCH3 is 1. The minimum atomic E-state index is -0.480. The van der Waals surface area contributed by atoms with Gasteiger partial charge < -0.3 is 35.1 Å². The van der Waals surface area contributed by atoms with Gasteiger partial charge in [-0.3, -0.25) is 0 Å². The Balaban J connectivity index is 1.61. The van der Waals surface area contributed by atoms with Crippen molar-refractivity contribution < 1.29 is 23.8 Å². The highest BCUT2D eigenvalue weighted by Gasteiger charge is 2.36. The van der Waals surface area contributed by atoms with Crippen molar-refractivity contribution >= 4 is 23.7 Å². The van der Waals surface area contributed by atoms with Crippen LogP contribution in [-0.4, -0.2) is 83.3 Å². The van der Waals surface area contributed by atoms with Crippen LogP contribution in [0.1, 0.15) is 43.7 Å². The summed E-state index contributed by atoms with van der Waals surface area (Å²) in [5, 5.41) is 9.79. The lowest BCUT2D eigenvalue weighted by Crippen LogP contribution is -2.51. The van der Waals surface area contributed by atoms with Crippen LogP contribution in [0.25, 0.3) is 0 Å². The number of likely N-dealkylation sites (tertiary alicyclic amines) is 1. The Morgan fingerprint density at radius 3 is 2.83 bits per heavy atom. The number of amides is 3. The van der Waals surface area contributed by atoms with Crippen molar-refractivity contribution in [2.24, 2.45) is 11.8 Å². The number of halogens is 1. The van der Waals surface area contributed by atoms with Gasteiger partial charge in [0.15, 0.2) is 0 Å². The van der Waals surface area contributed by atoms with Crippen molar-refractivity contribution in [2.45, 2.75) is 44.2 Å². The summed E-state index contributed by atoms with van der Waals surface area (Å²) in [6, 6.07) is 7.69. The smallest absolute Gasteiger partial charge is 0.406 e. The third kappa shape index (κ3) is 8.80. The summed E-state index contributed by atoms with van der Waals surface area (Å²) in [5.74, 6) is 0.637. The van der Waals surface area contributed by atoms with Crippen molar-refractivity contribution in [3.05, 3.63) is 34.9 Å². The van der Waals surface area contributed by atoms with Crippen LogP contribution in [0.2, 0.25) is 5.02 Å². The first-order valence-electron chi connectivity index (χ1n) is 13.0. The van der Waals surface area contributed by atoms with E-state index in [0.717, 1.165) is 44.5 Å². The van der Waals surface area contributed by atoms with E-state index in [1.807, 2.05) is 36.2 Å². The van der Waals surface area contributed by atoms with Crippen molar-refractivity contribution in [2.75, 3.05) is 60.2 Å². The molecule has 2 aliphatic heterocycles. The van der Waals surface area contributed by atoms with Crippen LogP contribution in [0.5, 0.6) is 0 Å². The minimum Gasteiger partial charge on any atom is -0.453 e. The van der Waals surface area contributed by atoms with Gasteiger partial charge in [0.2, 0.25) is 0 Å². The number of rotatable bonds is 11. The quantitative estimate of drug-likeness (QED) is 0.382. The number of hydrogen-bond donors (Lipinski definition) is 3. The number of likely N-dealkylation sites (N-methyl/N-ethyl adjacent to an activating group) is 1. The number of nitrogens with one attached hydrogen (secondary N) is 3. The predicted octanol–water partition coefficient (Wildman–Crippen LogP) is 3.58. The maximum absolute atomic E-state index is 13.4. The summed E-state index contributed by atoms with van der Waals surface area (Å²) in [7, 11) is 3.27. The van der Waals surface area contributed by atoms with E-state index in [1.54, 1.807) is 0 Å². The van der Waals surface area contributed by atoms with E-state index in [-0.39, 0.29) is 24.0 Å². The van der Waals surface area contributed by atoms with Crippen LogP contribution in [0.15, 0.2) is 24.3 Å². The summed E-state index contributed by atoms with van der Waals surface area (Å²) < 4.78 is 16.1.